The number of hydrogen-bond acceptors (Lipinski definition) is 3. The molecule has 1 aromatic heterocycles. The first kappa shape index (κ1) is 6.21. The van der Waals surface area contributed by atoms with E-state index >= 15 is 0 Å². The van der Waals surface area contributed by atoms with E-state index in [1.54, 1.807) is 6.20 Å². The number of carbonyl (C=O) groups is 1. The predicted octanol–water partition coefficient (Wildman–Crippen LogP) is -0.468. The van der Waals surface area contributed by atoms with E-state index < -0.39 is 0 Å². The highest BCUT2D eigenvalue weighted by Crippen LogP contribution is 2.15. The van der Waals surface area contributed by atoms with Crippen molar-refractivity contribution in [2.24, 2.45) is 0 Å². The van der Waals surface area contributed by atoms with Gasteiger partial charge < -0.3 is 10.1 Å². The molecule has 5 heteroatoms. The van der Waals surface area contributed by atoms with Gasteiger partial charge in [-0.3, -0.25) is 9.89 Å². The SMILES string of the molecule is O=C1NCCOc2c[nH]nc21. The molecule has 0 radical (unpaired) electrons. The molecule has 0 atom stereocenters. The van der Waals surface area contributed by atoms with E-state index in [9.17, 15) is 4.79 Å². The van der Waals surface area contributed by atoms with Crippen LogP contribution in [-0.4, -0.2) is 29.3 Å². The molecule has 2 N–H and O–H groups in total. The number of hydrogen-bond donors (Lipinski definition) is 2. The van der Waals surface area contributed by atoms with Crippen molar-refractivity contribution in [3.63, 3.8) is 0 Å². The van der Waals surface area contributed by atoms with E-state index in [1.807, 2.05) is 0 Å². The molecule has 0 saturated heterocycles. The maximum Gasteiger partial charge on any atom is 0.275 e. The van der Waals surface area contributed by atoms with E-state index in [0.29, 0.717) is 24.6 Å². The summed E-state index contributed by atoms with van der Waals surface area (Å²) in [6.45, 7) is 1.04. The molecular formula is C6H7N3O2. The van der Waals surface area contributed by atoms with Gasteiger partial charge in [-0.25, -0.2) is 0 Å². The molecule has 1 aliphatic rings. The third kappa shape index (κ3) is 0.938. The van der Waals surface area contributed by atoms with Gasteiger partial charge >= 0.3 is 0 Å². The van der Waals surface area contributed by atoms with Crippen LogP contribution in [0.15, 0.2) is 6.20 Å². The number of nitrogens with zero attached hydrogens (tertiary/aromatic N) is 1. The fourth-order valence-electron chi connectivity index (χ4n) is 0.961. The highest BCUT2D eigenvalue weighted by atomic mass is 16.5. The second kappa shape index (κ2) is 2.26. The molecule has 0 spiro atoms. The summed E-state index contributed by atoms with van der Waals surface area (Å²) in [4.78, 5) is 11.1. The van der Waals surface area contributed by atoms with Gasteiger partial charge in [-0.2, -0.15) is 5.10 Å². The van der Waals surface area contributed by atoms with Gasteiger partial charge in [-0.05, 0) is 0 Å². The smallest absolute Gasteiger partial charge is 0.275 e. The number of aromatic nitrogens is 2. The molecule has 2 rings (SSSR count). The van der Waals surface area contributed by atoms with Crippen molar-refractivity contribution in [2.75, 3.05) is 13.2 Å². The molecule has 0 bridgehead atoms. The lowest BCUT2D eigenvalue weighted by Gasteiger charge is -1.96. The van der Waals surface area contributed by atoms with Gasteiger partial charge in [0.1, 0.15) is 6.61 Å². The second-order valence-corrected chi connectivity index (χ2v) is 2.20. The minimum atomic E-state index is -0.182. The van der Waals surface area contributed by atoms with Crippen molar-refractivity contribution in [1.29, 1.82) is 0 Å². The van der Waals surface area contributed by atoms with Gasteiger partial charge in [0, 0.05) is 0 Å². The molecule has 1 aliphatic heterocycles. The Morgan fingerprint density at radius 1 is 1.64 bits per heavy atom. The van der Waals surface area contributed by atoms with Gasteiger partial charge in [-0.15, -0.1) is 0 Å². The lowest BCUT2D eigenvalue weighted by molar-refractivity contribution is 0.0952. The first-order chi connectivity index (χ1) is 5.38. The quantitative estimate of drug-likeness (QED) is 0.529. The van der Waals surface area contributed by atoms with Crippen LogP contribution >= 0.6 is 0 Å². The van der Waals surface area contributed by atoms with Crippen LogP contribution in [0.25, 0.3) is 0 Å². The van der Waals surface area contributed by atoms with Crippen molar-refractivity contribution in [3.05, 3.63) is 11.9 Å². The first-order valence-electron chi connectivity index (χ1n) is 3.33. The van der Waals surface area contributed by atoms with Gasteiger partial charge in [-0.1, -0.05) is 0 Å². The molecule has 1 amide bonds. The number of H-pyrrole nitrogens is 1. The third-order valence-electron chi connectivity index (χ3n) is 1.47. The molecule has 0 unspecified atom stereocenters. The zero-order chi connectivity index (χ0) is 7.68. The van der Waals surface area contributed by atoms with Gasteiger partial charge in [0.25, 0.3) is 5.91 Å². The van der Waals surface area contributed by atoms with Crippen LogP contribution in [-0.2, 0) is 0 Å². The number of amides is 1. The van der Waals surface area contributed by atoms with Crippen LogP contribution in [0.1, 0.15) is 10.5 Å². The summed E-state index contributed by atoms with van der Waals surface area (Å²) in [5.41, 5.74) is 0.336. The number of rotatable bonds is 0. The molecule has 58 valence electrons. The minimum Gasteiger partial charge on any atom is -0.488 e. The summed E-state index contributed by atoms with van der Waals surface area (Å²) in [5.74, 6) is 0.346. The Morgan fingerprint density at radius 2 is 2.55 bits per heavy atom. The average Bonchev–Trinajstić information content (AvgIpc) is 2.40. The lowest BCUT2D eigenvalue weighted by atomic mass is 10.4. The fraction of sp³-hybridized carbons (Fsp3) is 0.333. The van der Waals surface area contributed by atoms with Gasteiger partial charge in [0.2, 0.25) is 0 Å². The molecule has 11 heavy (non-hydrogen) atoms. The fourth-order valence-corrected chi connectivity index (χ4v) is 0.961. The van der Waals surface area contributed by atoms with Gasteiger partial charge in [0.05, 0.1) is 12.7 Å². The predicted molar refractivity (Wildman–Crippen MR) is 36.4 cm³/mol. The second-order valence-electron chi connectivity index (χ2n) is 2.20. The molecule has 5 nitrogen and oxygen atoms in total. The van der Waals surface area contributed by atoms with E-state index in [2.05, 4.69) is 15.5 Å². The Morgan fingerprint density at radius 3 is 3.45 bits per heavy atom. The Kier molecular flexibility index (Phi) is 1.28. The number of carbonyl (C=O) groups excluding carboxylic acids is 1. The normalized spacial score (nSPS) is 16.2. The van der Waals surface area contributed by atoms with Crippen LogP contribution in [0.2, 0.25) is 0 Å². The van der Waals surface area contributed by atoms with Crippen LogP contribution in [0.5, 0.6) is 5.75 Å². The Balaban J connectivity index is 2.41. The maximum atomic E-state index is 11.1. The van der Waals surface area contributed by atoms with E-state index in [0.717, 1.165) is 0 Å². The summed E-state index contributed by atoms with van der Waals surface area (Å²) in [7, 11) is 0. The third-order valence-corrected chi connectivity index (χ3v) is 1.47. The van der Waals surface area contributed by atoms with Crippen molar-refractivity contribution < 1.29 is 9.53 Å². The zero-order valence-electron chi connectivity index (χ0n) is 5.76. The minimum absolute atomic E-state index is 0.182. The van der Waals surface area contributed by atoms with Crippen LogP contribution in [0, 0.1) is 0 Å². The number of aromatic amines is 1. The Labute approximate surface area is 62.7 Å². The van der Waals surface area contributed by atoms with Gasteiger partial charge in [0.15, 0.2) is 11.4 Å². The van der Waals surface area contributed by atoms with Crippen LogP contribution in [0.3, 0.4) is 0 Å². The Hall–Kier alpha value is -1.52. The van der Waals surface area contributed by atoms with E-state index in [-0.39, 0.29) is 5.91 Å². The lowest BCUT2D eigenvalue weighted by Crippen LogP contribution is -2.24. The molecular weight excluding hydrogens is 146 g/mol. The number of fused-ring (bicyclic) bond motifs is 1. The van der Waals surface area contributed by atoms with Crippen molar-refractivity contribution in [1.82, 2.24) is 15.5 Å². The molecule has 0 aromatic carbocycles. The monoisotopic (exact) mass is 153 g/mol. The molecule has 0 saturated carbocycles. The maximum absolute atomic E-state index is 11.1. The highest BCUT2D eigenvalue weighted by molar-refractivity contribution is 5.95. The molecule has 0 aliphatic carbocycles. The first-order valence-corrected chi connectivity index (χ1v) is 3.33. The van der Waals surface area contributed by atoms with Crippen molar-refractivity contribution in [2.45, 2.75) is 0 Å². The summed E-state index contributed by atoms with van der Waals surface area (Å²) in [6.07, 6.45) is 1.57. The van der Waals surface area contributed by atoms with Crippen molar-refractivity contribution in [3.8, 4) is 5.75 Å². The largest absolute Gasteiger partial charge is 0.488 e. The average molecular weight is 153 g/mol. The summed E-state index contributed by atoms with van der Waals surface area (Å²) in [6, 6.07) is 0. The summed E-state index contributed by atoms with van der Waals surface area (Å²) < 4.78 is 5.18. The topological polar surface area (TPSA) is 67.0 Å². The summed E-state index contributed by atoms with van der Waals surface area (Å²) in [5, 5.41) is 8.94. The molecule has 1 aromatic rings. The Bertz CT molecular complexity index is 281. The standard InChI is InChI=1S/C6H7N3O2/c10-6-5-4(3-8-9-5)11-2-1-7-6/h3H,1-2H2,(H,7,10)(H,8,9). The number of ether oxygens (including phenoxy) is 1. The van der Waals surface area contributed by atoms with Crippen LogP contribution in [0.4, 0.5) is 0 Å². The van der Waals surface area contributed by atoms with Crippen LogP contribution < -0.4 is 10.1 Å². The van der Waals surface area contributed by atoms with Crippen molar-refractivity contribution >= 4 is 5.91 Å². The zero-order valence-corrected chi connectivity index (χ0v) is 5.76. The van der Waals surface area contributed by atoms with E-state index in [4.69, 9.17) is 4.74 Å². The summed E-state index contributed by atoms with van der Waals surface area (Å²) >= 11 is 0. The molecule has 2 heterocycles. The number of nitrogens with one attached hydrogen (secondary N) is 2. The van der Waals surface area contributed by atoms with E-state index in [1.165, 1.54) is 0 Å². The molecule has 0 fully saturated rings. The highest BCUT2D eigenvalue weighted by Gasteiger charge is 2.18.